The number of carbonyl (C=O) groups excluding carboxylic acids is 1. The Labute approximate surface area is 198 Å². The highest BCUT2D eigenvalue weighted by atomic mass is 32.2. The number of nitrogens with one attached hydrogen (secondary N) is 3. The Kier molecular flexibility index (Phi) is 6.92. The van der Waals surface area contributed by atoms with Gasteiger partial charge in [0.15, 0.2) is 11.5 Å². The number of aromatic amines is 1. The van der Waals surface area contributed by atoms with Crippen molar-refractivity contribution < 1.29 is 22.7 Å². The molecule has 1 aliphatic rings. The van der Waals surface area contributed by atoms with Crippen molar-refractivity contribution in [3.63, 3.8) is 0 Å². The van der Waals surface area contributed by atoms with Crippen LogP contribution >= 0.6 is 0 Å². The van der Waals surface area contributed by atoms with Crippen LogP contribution in [0.15, 0.2) is 24.5 Å². The van der Waals surface area contributed by atoms with Crippen molar-refractivity contribution in [1.82, 2.24) is 20.3 Å². The van der Waals surface area contributed by atoms with Crippen LogP contribution < -0.4 is 20.1 Å². The van der Waals surface area contributed by atoms with Crippen LogP contribution in [0.1, 0.15) is 24.1 Å². The van der Waals surface area contributed by atoms with Crippen LogP contribution in [0.3, 0.4) is 0 Å². The summed E-state index contributed by atoms with van der Waals surface area (Å²) in [6.07, 6.45) is 5.06. The molecule has 0 aliphatic heterocycles. The maximum atomic E-state index is 12.8. The number of methoxy groups -OCH3 is 2. The summed E-state index contributed by atoms with van der Waals surface area (Å²) in [5.41, 5.74) is 3.48. The van der Waals surface area contributed by atoms with Crippen LogP contribution in [-0.4, -0.2) is 62.0 Å². The quantitative estimate of drug-likeness (QED) is 0.392. The number of aromatic nitrogens is 3. The summed E-state index contributed by atoms with van der Waals surface area (Å²) in [5, 5.41) is 7.08. The number of nitrogens with zero attached hydrogens (tertiary/aromatic N) is 2. The molecule has 0 radical (unpaired) electrons. The summed E-state index contributed by atoms with van der Waals surface area (Å²) in [7, 11) is 0.125. The zero-order chi connectivity index (χ0) is 24.3. The maximum Gasteiger partial charge on any atom is 0.223 e. The molecule has 3 aromatic rings. The second-order valence-electron chi connectivity index (χ2n) is 8.41. The van der Waals surface area contributed by atoms with E-state index in [0.29, 0.717) is 54.5 Å². The lowest BCUT2D eigenvalue weighted by Crippen LogP contribution is -2.35. The van der Waals surface area contributed by atoms with Crippen molar-refractivity contribution in [2.75, 3.05) is 38.1 Å². The molecule has 3 N–H and O–H groups in total. The number of para-hydroxylation sites is 1. The Balaban J connectivity index is 1.57. The van der Waals surface area contributed by atoms with E-state index in [1.807, 2.05) is 18.2 Å². The molecular weight excluding hydrogens is 458 g/mol. The van der Waals surface area contributed by atoms with Crippen molar-refractivity contribution in [2.45, 2.75) is 25.7 Å². The third kappa shape index (κ3) is 5.09. The first kappa shape index (κ1) is 23.8. The van der Waals surface area contributed by atoms with Crippen LogP contribution in [0.5, 0.6) is 11.5 Å². The fraction of sp³-hybridized carbons (Fsp3) is 0.435. The normalized spacial score (nSPS) is 15.6. The summed E-state index contributed by atoms with van der Waals surface area (Å²) in [6, 6.07) is 5.55. The minimum absolute atomic E-state index is 0.0602. The van der Waals surface area contributed by atoms with Crippen molar-refractivity contribution in [2.24, 2.45) is 5.92 Å². The van der Waals surface area contributed by atoms with Gasteiger partial charge in [-0.25, -0.2) is 18.4 Å². The molecule has 0 bridgehead atoms. The molecule has 0 unspecified atom stereocenters. The molecule has 1 atom stereocenters. The molecule has 1 aromatic carbocycles. The van der Waals surface area contributed by atoms with Crippen molar-refractivity contribution >= 4 is 38.3 Å². The fourth-order valence-electron chi connectivity index (χ4n) is 4.36. The first-order valence-electron chi connectivity index (χ1n) is 11.1. The Morgan fingerprint density at radius 1 is 1.24 bits per heavy atom. The first-order valence-corrected chi connectivity index (χ1v) is 13.1. The Hall–Kier alpha value is -3.34. The van der Waals surface area contributed by atoms with E-state index >= 15 is 0 Å². The van der Waals surface area contributed by atoms with Crippen molar-refractivity contribution in [3.8, 4) is 11.5 Å². The van der Waals surface area contributed by atoms with E-state index in [9.17, 15) is 13.2 Å². The molecule has 10 nitrogen and oxygen atoms in total. The SMILES string of the molecule is COc1cccc(Nc2ncnc3[nH]c4c(c23)C[C@@H](C(=O)NCCCS(C)(=O)=O)CC4)c1OC. The van der Waals surface area contributed by atoms with Gasteiger partial charge in [-0.1, -0.05) is 6.07 Å². The van der Waals surface area contributed by atoms with Crippen molar-refractivity contribution in [3.05, 3.63) is 35.8 Å². The molecule has 11 heteroatoms. The highest BCUT2D eigenvalue weighted by Gasteiger charge is 2.29. The van der Waals surface area contributed by atoms with Gasteiger partial charge in [-0.2, -0.15) is 0 Å². The van der Waals surface area contributed by atoms with Gasteiger partial charge in [-0.3, -0.25) is 4.79 Å². The molecule has 0 spiro atoms. The molecule has 182 valence electrons. The predicted molar refractivity (Wildman–Crippen MR) is 130 cm³/mol. The lowest BCUT2D eigenvalue weighted by atomic mass is 9.86. The highest BCUT2D eigenvalue weighted by molar-refractivity contribution is 7.90. The smallest absolute Gasteiger partial charge is 0.223 e. The average molecular weight is 488 g/mol. The number of fused-ring (bicyclic) bond motifs is 3. The van der Waals surface area contributed by atoms with E-state index in [0.717, 1.165) is 23.1 Å². The summed E-state index contributed by atoms with van der Waals surface area (Å²) >= 11 is 0. The van der Waals surface area contributed by atoms with E-state index in [4.69, 9.17) is 9.47 Å². The number of H-pyrrole nitrogens is 1. The molecular formula is C23H29N5O5S. The number of benzene rings is 1. The Morgan fingerprint density at radius 3 is 2.79 bits per heavy atom. The second kappa shape index (κ2) is 9.88. The molecule has 0 saturated carbocycles. The number of sulfone groups is 1. The topological polar surface area (TPSA) is 135 Å². The number of anilines is 2. The standard InChI is InChI=1S/C23H29N5O5S/c1-32-18-7-4-6-17(20(18)33-2)28-22-19-15-12-14(23(29)24-10-5-11-34(3,30)31)8-9-16(15)27-21(19)25-13-26-22/h4,6-7,13-14H,5,8-12H2,1-3H3,(H,24,29)(H2,25,26,27,28)/t14-/m0/s1. The number of hydrogen-bond donors (Lipinski definition) is 3. The summed E-state index contributed by atoms with van der Waals surface area (Å²) in [4.78, 5) is 25.0. The Morgan fingerprint density at radius 2 is 2.06 bits per heavy atom. The number of rotatable bonds is 9. The van der Waals surface area contributed by atoms with Gasteiger partial charge in [-0.15, -0.1) is 0 Å². The first-order chi connectivity index (χ1) is 16.3. The third-order valence-electron chi connectivity index (χ3n) is 5.99. The number of amides is 1. The molecule has 0 saturated heterocycles. The average Bonchev–Trinajstić information content (AvgIpc) is 3.19. The Bertz CT molecular complexity index is 1300. The highest BCUT2D eigenvalue weighted by Crippen LogP contribution is 2.39. The minimum atomic E-state index is -3.04. The lowest BCUT2D eigenvalue weighted by molar-refractivity contribution is -0.125. The predicted octanol–water partition coefficient (Wildman–Crippen LogP) is 2.37. The number of hydrogen-bond acceptors (Lipinski definition) is 8. The van der Waals surface area contributed by atoms with E-state index in [2.05, 4.69) is 25.6 Å². The van der Waals surface area contributed by atoms with Gasteiger partial charge in [0, 0.05) is 24.4 Å². The van der Waals surface area contributed by atoms with E-state index < -0.39 is 9.84 Å². The van der Waals surface area contributed by atoms with Gasteiger partial charge >= 0.3 is 0 Å². The van der Waals surface area contributed by atoms with Gasteiger partial charge in [0.25, 0.3) is 0 Å². The van der Waals surface area contributed by atoms with Gasteiger partial charge in [0.05, 0.1) is 31.0 Å². The van der Waals surface area contributed by atoms with E-state index in [1.165, 1.54) is 12.6 Å². The lowest BCUT2D eigenvalue weighted by Gasteiger charge is -2.22. The van der Waals surface area contributed by atoms with Crippen LogP contribution in [0, 0.1) is 5.92 Å². The maximum absolute atomic E-state index is 12.8. The zero-order valence-corrected chi connectivity index (χ0v) is 20.3. The number of aryl methyl sites for hydroxylation is 1. The number of ether oxygens (including phenoxy) is 2. The molecule has 0 fully saturated rings. The zero-order valence-electron chi connectivity index (χ0n) is 19.5. The minimum Gasteiger partial charge on any atom is -0.493 e. The molecule has 1 aliphatic carbocycles. The van der Waals surface area contributed by atoms with Crippen LogP contribution in [0.4, 0.5) is 11.5 Å². The van der Waals surface area contributed by atoms with Crippen LogP contribution in [0.25, 0.3) is 11.0 Å². The fourth-order valence-corrected chi connectivity index (χ4v) is 5.03. The largest absolute Gasteiger partial charge is 0.493 e. The second-order valence-corrected chi connectivity index (χ2v) is 10.7. The molecule has 1 amide bonds. The summed E-state index contributed by atoms with van der Waals surface area (Å²) in [5.74, 6) is 1.57. The van der Waals surface area contributed by atoms with Gasteiger partial charge in [0.2, 0.25) is 5.91 Å². The molecule has 4 rings (SSSR count). The van der Waals surface area contributed by atoms with Gasteiger partial charge in [-0.05, 0) is 43.4 Å². The van der Waals surface area contributed by atoms with E-state index in [1.54, 1.807) is 14.2 Å². The number of carbonyl (C=O) groups is 1. The monoisotopic (exact) mass is 487 g/mol. The summed E-state index contributed by atoms with van der Waals surface area (Å²) in [6.45, 7) is 0.342. The molecule has 34 heavy (non-hydrogen) atoms. The van der Waals surface area contributed by atoms with E-state index in [-0.39, 0.29) is 17.6 Å². The summed E-state index contributed by atoms with van der Waals surface area (Å²) < 4.78 is 33.5. The molecule has 2 heterocycles. The van der Waals surface area contributed by atoms with Crippen LogP contribution in [0.2, 0.25) is 0 Å². The van der Waals surface area contributed by atoms with Gasteiger partial charge in [0.1, 0.15) is 27.6 Å². The van der Waals surface area contributed by atoms with Crippen molar-refractivity contribution in [1.29, 1.82) is 0 Å². The molecule has 2 aromatic heterocycles. The van der Waals surface area contributed by atoms with Crippen LogP contribution in [-0.2, 0) is 27.5 Å². The third-order valence-corrected chi connectivity index (χ3v) is 7.02. The van der Waals surface area contributed by atoms with Gasteiger partial charge < -0.3 is 25.1 Å².